The van der Waals surface area contributed by atoms with Crippen molar-refractivity contribution < 1.29 is 14.6 Å². The molecule has 0 radical (unpaired) electrons. The molecule has 0 bridgehead atoms. The van der Waals surface area contributed by atoms with Gasteiger partial charge >= 0.3 is 0 Å². The van der Waals surface area contributed by atoms with Gasteiger partial charge in [-0.3, -0.25) is 0 Å². The number of aliphatic hydroxyl groups excluding tert-OH is 1. The van der Waals surface area contributed by atoms with Crippen molar-refractivity contribution in [2.45, 2.75) is 38.7 Å². The largest absolute Gasteiger partial charge is 0.486 e. The fourth-order valence-corrected chi connectivity index (χ4v) is 3.75. The zero-order chi connectivity index (χ0) is 14.1. The predicted octanol–water partition coefficient (Wildman–Crippen LogP) is 4.08. The van der Waals surface area contributed by atoms with Crippen molar-refractivity contribution in [3.05, 3.63) is 22.2 Å². The van der Waals surface area contributed by atoms with Gasteiger partial charge in [-0.05, 0) is 58.3 Å². The molecule has 0 spiro atoms. The van der Waals surface area contributed by atoms with Gasteiger partial charge in [0.2, 0.25) is 0 Å². The van der Waals surface area contributed by atoms with Gasteiger partial charge in [-0.25, -0.2) is 0 Å². The van der Waals surface area contributed by atoms with Crippen LogP contribution in [0.3, 0.4) is 0 Å². The Bertz CT molecular complexity index is 481. The Morgan fingerprint density at radius 1 is 1.15 bits per heavy atom. The highest BCUT2D eigenvalue weighted by atomic mass is 79.9. The molecular formula is C16H21BrO3. The van der Waals surface area contributed by atoms with Gasteiger partial charge in [0.05, 0.1) is 10.6 Å². The lowest BCUT2D eigenvalue weighted by Crippen LogP contribution is -2.20. The summed E-state index contributed by atoms with van der Waals surface area (Å²) in [5.41, 5.74) is 0.931. The molecular weight excluding hydrogens is 320 g/mol. The van der Waals surface area contributed by atoms with Crippen LogP contribution in [0, 0.1) is 11.8 Å². The van der Waals surface area contributed by atoms with Crippen LogP contribution in [0.1, 0.15) is 44.3 Å². The van der Waals surface area contributed by atoms with Gasteiger partial charge in [0, 0.05) is 0 Å². The first-order valence-electron chi connectivity index (χ1n) is 7.42. The number of benzene rings is 1. The molecule has 3 nitrogen and oxygen atoms in total. The van der Waals surface area contributed by atoms with Crippen LogP contribution in [0.15, 0.2) is 16.6 Å². The summed E-state index contributed by atoms with van der Waals surface area (Å²) < 4.78 is 12.1. The van der Waals surface area contributed by atoms with Crippen LogP contribution in [-0.4, -0.2) is 18.3 Å². The molecule has 110 valence electrons. The Labute approximate surface area is 128 Å². The van der Waals surface area contributed by atoms with Crippen molar-refractivity contribution in [1.82, 2.24) is 0 Å². The Balaban J connectivity index is 1.81. The van der Waals surface area contributed by atoms with E-state index < -0.39 is 6.10 Å². The lowest BCUT2D eigenvalue weighted by molar-refractivity contribution is 0.0748. The average Bonchev–Trinajstić information content (AvgIpc) is 2.47. The summed E-state index contributed by atoms with van der Waals surface area (Å²) in [5, 5.41) is 10.6. The van der Waals surface area contributed by atoms with E-state index in [2.05, 4.69) is 22.9 Å². The fourth-order valence-electron chi connectivity index (χ4n) is 3.18. The van der Waals surface area contributed by atoms with E-state index in [1.54, 1.807) is 0 Å². The van der Waals surface area contributed by atoms with Crippen LogP contribution in [0.4, 0.5) is 0 Å². The summed E-state index contributed by atoms with van der Waals surface area (Å²) in [6.45, 7) is 3.44. The first kappa shape index (κ1) is 14.2. The normalized spacial score (nSPS) is 27.1. The van der Waals surface area contributed by atoms with E-state index in [4.69, 9.17) is 9.47 Å². The lowest BCUT2D eigenvalue weighted by Gasteiger charge is -2.30. The Morgan fingerprint density at radius 2 is 1.85 bits per heavy atom. The number of hydrogen-bond acceptors (Lipinski definition) is 3. The first-order chi connectivity index (χ1) is 9.65. The van der Waals surface area contributed by atoms with Crippen LogP contribution in [0.5, 0.6) is 11.5 Å². The van der Waals surface area contributed by atoms with Gasteiger partial charge in [-0.2, -0.15) is 0 Å². The van der Waals surface area contributed by atoms with Gasteiger partial charge in [-0.1, -0.05) is 19.8 Å². The number of halogens is 1. The Kier molecular flexibility index (Phi) is 4.22. The minimum Gasteiger partial charge on any atom is -0.486 e. The molecule has 1 saturated carbocycles. The van der Waals surface area contributed by atoms with E-state index in [-0.39, 0.29) is 0 Å². The molecule has 1 aromatic carbocycles. The third kappa shape index (κ3) is 2.82. The molecule has 1 unspecified atom stereocenters. The molecule has 1 heterocycles. The second-order valence-corrected chi connectivity index (χ2v) is 6.85. The van der Waals surface area contributed by atoms with Crippen molar-refractivity contribution in [3.8, 4) is 11.5 Å². The minimum absolute atomic E-state index is 0.362. The number of rotatable bonds is 2. The van der Waals surface area contributed by atoms with Gasteiger partial charge in [0.25, 0.3) is 0 Å². The standard InChI is InChI=1S/C16H21BrO3/c1-10-2-4-11(5-3-10)15(18)12-8-13(17)16-14(9-12)19-6-7-20-16/h8-11,15,18H,2-7H2,1H3. The first-order valence-corrected chi connectivity index (χ1v) is 8.21. The zero-order valence-electron chi connectivity index (χ0n) is 11.8. The third-order valence-corrected chi connectivity index (χ3v) is 5.06. The van der Waals surface area contributed by atoms with Crippen molar-refractivity contribution in [1.29, 1.82) is 0 Å². The number of fused-ring (bicyclic) bond motifs is 1. The van der Waals surface area contributed by atoms with E-state index in [1.807, 2.05) is 12.1 Å². The maximum atomic E-state index is 10.6. The van der Waals surface area contributed by atoms with Gasteiger partial charge < -0.3 is 14.6 Å². The maximum Gasteiger partial charge on any atom is 0.175 e. The Hall–Kier alpha value is -0.740. The molecule has 1 aliphatic carbocycles. The summed E-state index contributed by atoms with van der Waals surface area (Å²) in [6.07, 6.45) is 4.23. The summed E-state index contributed by atoms with van der Waals surface area (Å²) >= 11 is 3.52. The minimum atomic E-state index is -0.408. The summed E-state index contributed by atoms with van der Waals surface area (Å²) in [4.78, 5) is 0. The highest BCUT2D eigenvalue weighted by Gasteiger charge is 2.27. The number of aliphatic hydroxyl groups is 1. The van der Waals surface area contributed by atoms with Crippen LogP contribution < -0.4 is 9.47 Å². The summed E-state index contributed by atoms with van der Waals surface area (Å²) in [7, 11) is 0. The van der Waals surface area contributed by atoms with E-state index >= 15 is 0 Å². The molecule has 1 aliphatic heterocycles. The van der Waals surface area contributed by atoms with Gasteiger partial charge in [0.1, 0.15) is 13.2 Å². The number of ether oxygens (including phenoxy) is 2. The van der Waals surface area contributed by atoms with E-state index in [0.717, 1.165) is 40.3 Å². The van der Waals surface area contributed by atoms with Crippen molar-refractivity contribution in [3.63, 3.8) is 0 Å². The third-order valence-electron chi connectivity index (χ3n) is 4.47. The molecule has 2 aliphatic rings. The van der Waals surface area contributed by atoms with E-state index in [9.17, 15) is 5.11 Å². The summed E-state index contributed by atoms with van der Waals surface area (Å²) in [5.74, 6) is 2.65. The maximum absolute atomic E-state index is 10.6. The molecule has 1 N–H and O–H groups in total. The van der Waals surface area contributed by atoms with Crippen molar-refractivity contribution >= 4 is 15.9 Å². The lowest BCUT2D eigenvalue weighted by atomic mass is 9.78. The average molecular weight is 341 g/mol. The highest BCUT2D eigenvalue weighted by molar-refractivity contribution is 9.10. The quantitative estimate of drug-likeness (QED) is 0.881. The molecule has 1 atom stereocenters. The zero-order valence-corrected chi connectivity index (χ0v) is 13.4. The predicted molar refractivity (Wildman–Crippen MR) is 81.2 cm³/mol. The van der Waals surface area contributed by atoms with Gasteiger partial charge in [0.15, 0.2) is 11.5 Å². The molecule has 1 fully saturated rings. The smallest absolute Gasteiger partial charge is 0.175 e. The molecule has 0 amide bonds. The summed E-state index contributed by atoms with van der Waals surface area (Å²) in [6, 6.07) is 3.90. The van der Waals surface area contributed by atoms with Crippen LogP contribution in [0.2, 0.25) is 0 Å². The van der Waals surface area contributed by atoms with Crippen LogP contribution >= 0.6 is 15.9 Å². The van der Waals surface area contributed by atoms with Crippen molar-refractivity contribution in [2.75, 3.05) is 13.2 Å². The second-order valence-electron chi connectivity index (χ2n) is 5.99. The molecule has 1 aromatic rings. The molecule has 0 aromatic heterocycles. The molecule has 4 heteroatoms. The molecule has 3 rings (SSSR count). The van der Waals surface area contributed by atoms with E-state index in [1.165, 1.54) is 12.8 Å². The topological polar surface area (TPSA) is 38.7 Å². The van der Waals surface area contributed by atoms with Crippen LogP contribution in [-0.2, 0) is 0 Å². The number of hydrogen-bond donors (Lipinski definition) is 1. The highest BCUT2D eigenvalue weighted by Crippen LogP contribution is 2.43. The molecule has 20 heavy (non-hydrogen) atoms. The van der Waals surface area contributed by atoms with Crippen molar-refractivity contribution in [2.24, 2.45) is 11.8 Å². The van der Waals surface area contributed by atoms with Gasteiger partial charge in [-0.15, -0.1) is 0 Å². The Morgan fingerprint density at radius 3 is 2.60 bits per heavy atom. The fraction of sp³-hybridized carbons (Fsp3) is 0.625. The second kappa shape index (κ2) is 5.94. The SMILES string of the molecule is CC1CCC(C(O)c2cc(Br)c3c(c2)OCCO3)CC1. The van der Waals surface area contributed by atoms with Crippen LogP contribution in [0.25, 0.3) is 0 Å². The van der Waals surface area contributed by atoms with E-state index in [0.29, 0.717) is 19.1 Å². The molecule has 0 saturated heterocycles. The monoisotopic (exact) mass is 340 g/mol.